The number of aryl methyl sites for hydroxylation is 1. The van der Waals surface area contributed by atoms with Crippen LogP contribution in [-0.2, 0) is 0 Å². The first-order chi connectivity index (χ1) is 9.15. The number of piperidine rings is 1. The molecule has 0 unspecified atom stereocenters. The number of carbonyl (C=O) groups is 1. The fourth-order valence-electron chi connectivity index (χ4n) is 3.21. The fraction of sp³-hybridized carbons (Fsp3) is 0.533. The van der Waals surface area contributed by atoms with E-state index in [0.717, 1.165) is 30.8 Å². The Morgan fingerprint density at radius 1 is 1.42 bits per heavy atom. The van der Waals surface area contributed by atoms with Gasteiger partial charge in [0.15, 0.2) is 0 Å². The Balaban J connectivity index is 1.79. The van der Waals surface area contributed by atoms with Crippen molar-refractivity contribution in [2.75, 3.05) is 19.6 Å². The van der Waals surface area contributed by atoms with Gasteiger partial charge in [0.05, 0.1) is 0 Å². The average Bonchev–Trinajstić information content (AvgIpc) is 2.84. The minimum atomic E-state index is 0.121. The second-order valence-corrected chi connectivity index (χ2v) is 6.07. The Morgan fingerprint density at radius 2 is 2.26 bits per heavy atom. The van der Waals surface area contributed by atoms with Gasteiger partial charge >= 0.3 is 0 Å². The Labute approximate surface area is 118 Å². The van der Waals surface area contributed by atoms with Gasteiger partial charge in [-0.2, -0.15) is 0 Å². The van der Waals surface area contributed by atoms with Gasteiger partial charge in [0.2, 0.25) is 0 Å². The molecule has 1 aromatic rings. The van der Waals surface area contributed by atoms with Gasteiger partial charge in [-0.3, -0.25) is 4.79 Å². The average molecular weight is 279 g/mol. The highest BCUT2D eigenvalue weighted by molar-refractivity contribution is 6.31. The highest BCUT2D eigenvalue weighted by Gasteiger charge is 2.36. The SMILES string of the molecule is Cc1ccc(Cl)cc1C(=O)N1C[C@@H]2CCCN[C@@H]2C1. The molecule has 19 heavy (non-hydrogen) atoms. The van der Waals surface area contributed by atoms with Crippen molar-refractivity contribution in [3.05, 3.63) is 34.3 Å². The number of rotatable bonds is 1. The van der Waals surface area contributed by atoms with Crippen molar-refractivity contribution in [3.63, 3.8) is 0 Å². The van der Waals surface area contributed by atoms with Gasteiger partial charge in [-0.05, 0) is 49.9 Å². The van der Waals surface area contributed by atoms with Crippen molar-refractivity contribution in [2.45, 2.75) is 25.8 Å². The number of likely N-dealkylation sites (tertiary alicyclic amines) is 1. The number of halogens is 1. The van der Waals surface area contributed by atoms with Crippen molar-refractivity contribution in [2.24, 2.45) is 5.92 Å². The lowest BCUT2D eigenvalue weighted by atomic mass is 9.94. The number of benzene rings is 1. The summed E-state index contributed by atoms with van der Waals surface area (Å²) in [6, 6.07) is 6.02. The fourth-order valence-corrected chi connectivity index (χ4v) is 3.38. The highest BCUT2D eigenvalue weighted by Crippen LogP contribution is 2.27. The maximum Gasteiger partial charge on any atom is 0.254 e. The molecule has 4 heteroatoms. The van der Waals surface area contributed by atoms with Crippen molar-refractivity contribution in [1.82, 2.24) is 10.2 Å². The number of hydrogen-bond donors (Lipinski definition) is 1. The van der Waals surface area contributed by atoms with Gasteiger partial charge in [0.25, 0.3) is 5.91 Å². The zero-order chi connectivity index (χ0) is 13.4. The minimum Gasteiger partial charge on any atom is -0.337 e. The van der Waals surface area contributed by atoms with E-state index in [-0.39, 0.29) is 5.91 Å². The van der Waals surface area contributed by atoms with Crippen LogP contribution in [0.3, 0.4) is 0 Å². The molecule has 3 rings (SSSR count). The Hall–Kier alpha value is -1.06. The highest BCUT2D eigenvalue weighted by atomic mass is 35.5. The van der Waals surface area contributed by atoms with E-state index in [1.807, 2.05) is 24.0 Å². The van der Waals surface area contributed by atoms with Crippen molar-refractivity contribution >= 4 is 17.5 Å². The Morgan fingerprint density at radius 3 is 3.05 bits per heavy atom. The summed E-state index contributed by atoms with van der Waals surface area (Å²) in [5.41, 5.74) is 1.74. The van der Waals surface area contributed by atoms with E-state index >= 15 is 0 Å². The molecular weight excluding hydrogens is 260 g/mol. The zero-order valence-electron chi connectivity index (χ0n) is 11.2. The number of hydrogen-bond acceptors (Lipinski definition) is 2. The minimum absolute atomic E-state index is 0.121. The summed E-state index contributed by atoms with van der Waals surface area (Å²) in [4.78, 5) is 14.6. The molecule has 2 saturated heterocycles. The molecule has 0 aromatic heterocycles. The number of nitrogens with zero attached hydrogens (tertiary/aromatic N) is 1. The van der Waals surface area contributed by atoms with E-state index in [1.54, 1.807) is 6.07 Å². The summed E-state index contributed by atoms with van der Waals surface area (Å²) < 4.78 is 0. The second-order valence-electron chi connectivity index (χ2n) is 5.63. The predicted molar refractivity (Wildman–Crippen MR) is 76.6 cm³/mol. The Kier molecular flexibility index (Phi) is 3.50. The molecule has 0 spiro atoms. The third-order valence-corrected chi connectivity index (χ3v) is 4.55. The van der Waals surface area contributed by atoms with Crippen molar-refractivity contribution in [3.8, 4) is 0 Å². The van der Waals surface area contributed by atoms with Crippen LogP contribution >= 0.6 is 11.6 Å². The molecule has 2 fully saturated rings. The standard InChI is InChI=1S/C15H19ClN2O/c1-10-4-5-12(16)7-13(10)15(19)18-8-11-3-2-6-17-14(11)9-18/h4-5,7,11,14,17H,2-3,6,8-9H2,1H3/t11-,14+/m0/s1. The van der Waals surface area contributed by atoms with E-state index in [0.29, 0.717) is 17.0 Å². The quantitative estimate of drug-likeness (QED) is 0.856. The van der Waals surface area contributed by atoms with Gasteiger partial charge in [-0.15, -0.1) is 0 Å². The normalized spacial score (nSPS) is 26.3. The molecule has 2 aliphatic heterocycles. The molecule has 0 aliphatic carbocycles. The molecule has 3 nitrogen and oxygen atoms in total. The summed E-state index contributed by atoms with van der Waals surface area (Å²) in [6.07, 6.45) is 2.45. The lowest BCUT2D eigenvalue weighted by Gasteiger charge is -2.24. The number of carbonyl (C=O) groups excluding carboxylic acids is 1. The van der Waals surface area contributed by atoms with E-state index in [1.165, 1.54) is 12.8 Å². The van der Waals surface area contributed by atoms with Gasteiger partial charge < -0.3 is 10.2 Å². The molecule has 1 aromatic carbocycles. The molecule has 0 saturated carbocycles. The maximum atomic E-state index is 12.6. The van der Waals surface area contributed by atoms with Gasteiger partial charge in [0.1, 0.15) is 0 Å². The lowest BCUT2D eigenvalue weighted by Crippen LogP contribution is -2.41. The summed E-state index contributed by atoms with van der Waals surface area (Å²) in [6.45, 7) is 4.75. The molecule has 1 N–H and O–H groups in total. The third-order valence-electron chi connectivity index (χ3n) is 4.32. The van der Waals surface area contributed by atoms with E-state index < -0.39 is 0 Å². The predicted octanol–water partition coefficient (Wildman–Crippen LogP) is 2.47. The van der Waals surface area contributed by atoms with Crippen LogP contribution in [0, 0.1) is 12.8 Å². The van der Waals surface area contributed by atoms with Crippen LogP contribution in [0.5, 0.6) is 0 Å². The first-order valence-electron chi connectivity index (χ1n) is 6.94. The van der Waals surface area contributed by atoms with Crippen LogP contribution in [0.15, 0.2) is 18.2 Å². The zero-order valence-corrected chi connectivity index (χ0v) is 11.9. The molecule has 0 bridgehead atoms. The number of nitrogens with one attached hydrogen (secondary N) is 1. The van der Waals surface area contributed by atoms with Crippen molar-refractivity contribution < 1.29 is 4.79 Å². The molecular formula is C15H19ClN2O. The summed E-state index contributed by atoms with van der Waals surface area (Å²) in [5, 5.41) is 4.15. The molecule has 2 aliphatic rings. The number of amides is 1. The monoisotopic (exact) mass is 278 g/mol. The maximum absolute atomic E-state index is 12.6. The van der Waals surface area contributed by atoms with Crippen LogP contribution in [0.4, 0.5) is 0 Å². The Bertz CT molecular complexity index is 489. The third kappa shape index (κ3) is 2.49. The number of fused-ring (bicyclic) bond motifs is 1. The second kappa shape index (κ2) is 5.14. The largest absolute Gasteiger partial charge is 0.337 e. The van der Waals surface area contributed by atoms with Crippen LogP contribution in [-0.4, -0.2) is 36.5 Å². The van der Waals surface area contributed by atoms with Gasteiger partial charge in [-0.25, -0.2) is 0 Å². The van der Waals surface area contributed by atoms with E-state index in [4.69, 9.17) is 11.6 Å². The lowest BCUT2D eigenvalue weighted by molar-refractivity contribution is 0.0785. The van der Waals surface area contributed by atoms with E-state index in [9.17, 15) is 4.79 Å². The van der Waals surface area contributed by atoms with Gasteiger partial charge in [-0.1, -0.05) is 17.7 Å². The van der Waals surface area contributed by atoms with Crippen LogP contribution in [0.25, 0.3) is 0 Å². The summed E-state index contributed by atoms with van der Waals surface area (Å²) >= 11 is 6.01. The molecule has 0 radical (unpaired) electrons. The summed E-state index contributed by atoms with van der Waals surface area (Å²) in [7, 11) is 0. The van der Waals surface area contributed by atoms with Crippen LogP contribution in [0.2, 0.25) is 5.02 Å². The topological polar surface area (TPSA) is 32.3 Å². The smallest absolute Gasteiger partial charge is 0.254 e. The van der Waals surface area contributed by atoms with E-state index in [2.05, 4.69) is 5.32 Å². The molecule has 2 heterocycles. The van der Waals surface area contributed by atoms with Gasteiger partial charge in [0, 0.05) is 29.7 Å². The van der Waals surface area contributed by atoms with Crippen LogP contribution in [0.1, 0.15) is 28.8 Å². The summed E-state index contributed by atoms with van der Waals surface area (Å²) in [5.74, 6) is 0.744. The van der Waals surface area contributed by atoms with Crippen LogP contribution < -0.4 is 5.32 Å². The molecule has 1 amide bonds. The van der Waals surface area contributed by atoms with Crippen molar-refractivity contribution in [1.29, 1.82) is 0 Å². The molecule has 2 atom stereocenters. The first kappa shape index (κ1) is 12.9. The first-order valence-corrected chi connectivity index (χ1v) is 7.32. The molecule has 102 valence electrons.